The summed E-state index contributed by atoms with van der Waals surface area (Å²) in [5, 5.41) is 0. The van der Waals surface area contributed by atoms with E-state index in [9.17, 15) is 8.42 Å². The van der Waals surface area contributed by atoms with E-state index in [1.165, 1.54) is 24.6 Å². The Labute approximate surface area is 134 Å². The van der Waals surface area contributed by atoms with Crippen LogP contribution in [0.25, 0.3) is 0 Å². The van der Waals surface area contributed by atoms with E-state index in [2.05, 4.69) is 15.9 Å². The number of methoxy groups -OCH3 is 2. The Morgan fingerprint density at radius 3 is 2.52 bits per heavy atom. The first-order valence-electron chi connectivity index (χ1n) is 6.39. The summed E-state index contributed by atoms with van der Waals surface area (Å²) in [5.41, 5.74) is 6.15. The first kappa shape index (κ1) is 18.4. The molecule has 0 bridgehead atoms. The molecule has 0 heterocycles. The number of sulfonamides is 1. The number of anilines is 1. The third-order valence-electron chi connectivity index (χ3n) is 2.96. The van der Waals surface area contributed by atoms with Crippen LogP contribution < -0.4 is 5.73 Å². The molecule has 8 heteroatoms. The van der Waals surface area contributed by atoms with E-state index in [1.807, 2.05) is 0 Å². The molecule has 120 valence electrons. The van der Waals surface area contributed by atoms with Crippen molar-refractivity contribution in [1.29, 1.82) is 0 Å². The SMILES string of the molecule is COCCN(C(C)COC)S(=O)(=O)c1ccc(N)cc1Br. The summed E-state index contributed by atoms with van der Waals surface area (Å²) in [4.78, 5) is 0.177. The van der Waals surface area contributed by atoms with E-state index in [1.54, 1.807) is 19.1 Å². The second-order valence-corrected chi connectivity index (χ2v) is 7.32. The minimum absolute atomic E-state index is 0.177. The van der Waals surface area contributed by atoms with Crippen molar-refractivity contribution in [3.8, 4) is 0 Å². The molecular weight excluding hydrogens is 360 g/mol. The normalized spacial score (nSPS) is 13.6. The Morgan fingerprint density at radius 2 is 2.00 bits per heavy atom. The van der Waals surface area contributed by atoms with Gasteiger partial charge in [-0.3, -0.25) is 0 Å². The number of nitrogens with zero attached hydrogens (tertiary/aromatic N) is 1. The Kier molecular flexibility index (Phi) is 7.08. The van der Waals surface area contributed by atoms with Gasteiger partial charge in [-0.25, -0.2) is 8.42 Å². The van der Waals surface area contributed by atoms with Gasteiger partial charge in [-0.05, 0) is 41.1 Å². The first-order chi connectivity index (χ1) is 9.84. The lowest BCUT2D eigenvalue weighted by molar-refractivity contribution is 0.119. The van der Waals surface area contributed by atoms with Gasteiger partial charge in [-0.1, -0.05) is 0 Å². The molecule has 0 spiro atoms. The van der Waals surface area contributed by atoms with Gasteiger partial charge in [0.15, 0.2) is 0 Å². The molecule has 1 aromatic rings. The Morgan fingerprint density at radius 1 is 1.33 bits per heavy atom. The summed E-state index contributed by atoms with van der Waals surface area (Å²) in [7, 11) is -0.600. The van der Waals surface area contributed by atoms with Gasteiger partial charge in [0.2, 0.25) is 10.0 Å². The van der Waals surface area contributed by atoms with Crippen LogP contribution in [0.5, 0.6) is 0 Å². The molecule has 0 aliphatic heterocycles. The standard InChI is InChI=1S/C13H21BrN2O4S/c1-10(9-20-3)16(6-7-19-2)21(17,18)13-5-4-11(15)8-12(13)14/h4-5,8,10H,6-7,9,15H2,1-3H3. The summed E-state index contributed by atoms with van der Waals surface area (Å²) in [5.74, 6) is 0. The second-order valence-electron chi connectivity index (χ2n) is 4.60. The summed E-state index contributed by atoms with van der Waals surface area (Å²) < 4.78 is 37.5. The Bertz CT molecular complexity index is 565. The Balaban J connectivity index is 3.19. The van der Waals surface area contributed by atoms with Gasteiger partial charge < -0.3 is 15.2 Å². The first-order valence-corrected chi connectivity index (χ1v) is 8.62. The van der Waals surface area contributed by atoms with Crippen LogP contribution in [0.15, 0.2) is 27.6 Å². The molecule has 0 aromatic heterocycles. The lowest BCUT2D eigenvalue weighted by Gasteiger charge is -2.28. The maximum absolute atomic E-state index is 12.8. The molecule has 1 unspecified atom stereocenters. The van der Waals surface area contributed by atoms with E-state index in [0.29, 0.717) is 23.4 Å². The van der Waals surface area contributed by atoms with Crippen LogP contribution in [0.1, 0.15) is 6.92 Å². The molecule has 2 N–H and O–H groups in total. The molecular formula is C13H21BrN2O4S. The molecule has 1 rings (SSSR count). The smallest absolute Gasteiger partial charge is 0.244 e. The number of hydrogen-bond acceptors (Lipinski definition) is 5. The predicted molar refractivity (Wildman–Crippen MR) is 85.7 cm³/mol. The van der Waals surface area contributed by atoms with E-state index < -0.39 is 10.0 Å². The number of ether oxygens (including phenoxy) is 2. The minimum Gasteiger partial charge on any atom is -0.399 e. The lowest BCUT2D eigenvalue weighted by Crippen LogP contribution is -2.43. The molecule has 6 nitrogen and oxygen atoms in total. The molecule has 0 amide bonds. The topological polar surface area (TPSA) is 81.9 Å². The zero-order valence-corrected chi connectivity index (χ0v) is 14.8. The van der Waals surface area contributed by atoms with Crippen molar-refractivity contribution in [2.45, 2.75) is 17.9 Å². The highest BCUT2D eigenvalue weighted by Crippen LogP contribution is 2.28. The van der Waals surface area contributed by atoms with Crippen LogP contribution in [0.3, 0.4) is 0 Å². The van der Waals surface area contributed by atoms with Crippen molar-refractivity contribution in [2.75, 3.05) is 39.7 Å². The van der Waals surface area contributed by atoms with E-state index in [-0.39, 0.29) is 17.5 Å². The highest BCUT2D eigenvalue weighted by molar-refractivity contribution is 9.10. The van der Waals surface area contributed by atoms with Crippen molar-refractivity contribution in [1.82, 2.24) is 4.31 Å². The van der Waals surface area contributed by atoms with E-state index >= 15 is 0 Å². The maximum Gasteiger partial charge on any atom is 0.244 e. The van der Waals surface area contributed by atoms with Crippen molar-refractivity contribution in [3.05, 3.63) is 22.7 Å². The van der Waals surface area contributed by atoms with Crippen LogP contribution in [0.2, 0.25) is 0 Å². The average Bonchev–Trinajstić information content (AvgIpc) is 2.38. The molecule has 1 atom stereocenters. The van der Waals surface area contributed by atoms with Gasteiger partial charge in [0, 0.05) is 37.0 Å². The van der Waals surface area contributed by atoms with Gasteiger partial charge in [0.05, 0.1) is 18.1 Å². The number of halogens is 1. The molecule has 0 aliphatic rings. The minimum atomic E-state index is -3.67. The average molecular weight is 381 g/mol. The summed E-state index contributed by atoms with van der Waals surface area (Å²) in [6.07, 6.45) is 0. The zero-order valence-electron chi connectivity index (χ0n) is 12.4. The highest BCUT2D eigenvalue weighted by Gasteiger charge is 2.30. The zero-order chi connectivity index (χ0) is 16.0. The number of nitrogens with two attached hydrogens (primary N) is 1. The fourth-order valence-corrected chi connectivity index (χ4v) is 4.59. The van der Waals surface area contributed by atoms with Crippen molar-refractivity contribution in [2.24, 2.45) is 0 Å². The third-order valence-corrected chi connectivity index (χ3v) is 5.95. The number of benzene rings is 1. The fourth-order valence-electron chi connectivity index (χ4n) is 1.94. The molecule has 21 heavy (non-hydrogen) atoms. The highest BCUT2D eigenvalue weighted by atomic mass is 79.9. The van der Waals surface area contributed by atoms with Crippen LogP contribution >= 0.6 is 15.9 Å². The van der Waals surface area contributed by atoms with E-state index in [4.69, 9.17) is 15.2 Å². The summed E-state index contributed by atoms with van der Waals surface area (Å²) in [6.45, 7) is 2.65. The summed E-state index contributed by atoms with van der Waals surface area (Å²) in [6, 6.07) is 4.32. The van der Waals surface area contributed by atoms with Crippen LogP contribution in [-0.2, 0) is 19.5 Å². The maximum atomic E-state index is 12.8. The van der Waals surface area contributed by atoms with Gasteiger partial charge in [0.25, 0.3) is 0 Å². The van der Waals surface area contributed by atoms with E-state index in [0.717, 1.165) is 0 Å². The largest absolute Gasteiger partial charge is 0.399 e. The molecule has 0 saturated carbocycles. The van der Waals surface area contributed by atoms with Gasteiger partial charge in [0.1, 0.15) is 0 Å². The van der Waals surface area contributed by atoms with Gasteiger partial charge in [-0.2, -0.15) is 4.31 Å². The van der Waals surface area contributed by atoms with Crippen molar-refractivity contribution >= 4 is 31.6 Å². The number of rotatable bonds is 8. The van der Waals surface area contributed by atoms with Crippen molar-refractivity contribution < 1.29 is 17.9 Å². The number of nitrogen functional groups attached to an aromatic ring is 1. The molecule has 0 radical (unpaired) electrons. The van der Waals surface area contributed by atoms with Crippen LogP contribution in [0.4, 0.5) is 5.69 Å². The van der Waals surface area contributed by atoms with Crippen molar-refractivity contribution in [3.63, 3.8) is 0 Å². The Hall–Kier alpha value is -0.670. The second kappa shape index (κ2) is 8.09. The quantitative estimate of drug-likeness (QED) is 0.694. The molecule has 0 fully saturated rings. The molecule has 1 aromatic carbocycles. The predicted octanol–water partition coefficient (Wildman–Crippen LogP) is 1.70. The third kappa shape index (κ3) is 4.65. The molecule has 0 saturated heterocycles. The fraction of sp³-hybridized carbons (Fsp3) is 0.538. The van der Waals surface area contributed by atoms with Gasteiger partial charge in [-0.15, -0.1) is 0 Å². The monoisotopic (exact) mass is 380 g/mol. The van der Waals surface area contributed by atoms with Crippen LogP contribution in [0, 0.1) is 0 Å². The summed E-state index contributed by atoms with van der Waals surface area (Å²) >= 11 is 3.26. The number of hydrogen-bond donors (Lipinski definition) is 1. The lowest BCUT2D eigenvalue weighted by atomic mass is 10.3. The van der Waals surface area contributed by atoms with Crippen LogP contribution in [-0.4, -0.2) is 52.7 Å². The molecule has 0 aliphatic carbocycles. The van der Waals surface area contributed by atoms with Gasteiger partial charge >= 0.3 is 0 Å².